The van der Waals surface area contributed by atoms with E-state index in [1.54, 1.807) is 0 Å². The normalized spacial score (nSPS) is 30.3. The molecule has 0 bridgehead atoms. The zero-order valence-corrected chi connectivity index (χ0v) is 8.06. The third-order valence-corrected chi connectivity index (χ3v) is 3.01. The summed E-state index contributed by atoms with van der Waals surface area (Å²) in [4.78, 5) is 0. The van der Waals surface area contributed by atoms with Gasteiger partial charge in [-0.1, -0.05) is 30.3 Å². The lowest BCUT2D eigenvalue weighted by molar-refractivity contribution is 0.0221. The molecule has 0 unspecified atom stereocenters. The molecule has 1 saturated carbocycles. The van der Waals surface area contributed by atoms with Gasteiger partial charge in [-0.15, -0.1) is 0 Å². The Morgan fingerprint density at radius 2 is 1.86 bits per heavy atom. The van der Waals surface area contributed by atoms with Crippen LogP contribution in [0.3, 0.4) is 0 Å². The molecule has 0 aromatic heterocycles. The first-order valence-corrected chi connectivity index (χ1v) is 5.23. The van der Waals surface area contributed by atoms with Crippen LogP contribution in [0.5, 0.6) is 0 Å². The molecule has 1 heterocycles. The van der Waals surface area contributed by atoms with Crippen molar-refractivity contribution in [3.8, 4) is 0 Å². The third-order valence-electron chi connectivity index (χ3n) is 3.01. The van der Waals surface area contributed by atoms with Crippen molar-refractivity contribution in [1.82, 2.24) is 0 Å². The molecule has 1 aromatic carbocycles. The number of fused-ring (bicyclic) bond motifs is 1. The van der Waals surface area contributed by atoms with Crippen LogP contribution >= 0.6 is 0 Å². The van der Waals surface area contributed by atoms with Crippen LogP contribution in [0.15, 0.2) is 30.3 Å². The van der Waals surface area contributed by atoms with E-state index in [-0.39, 0.29) is 0 Å². The summed E-state index contributed by atoms with van der Waals surface area (Å²) in [6.45, 7) is 0.741. The van der Waals surface area contributed by atoms with Crippen molar-refractivity contribution in [2.75, 3.05) is 0 Å². The van der Waals surface area contributed by atoms with Crippen LogP contribution in [0.1, 0.15) is 18.4 Å². The van der Waals surface area contributed by atoms with Gasteiger partial charge in [0.2, 0.25) is 0 Å². The Morgan fingerprint density at radius 1 is 1.14 bits per heavy atom. The van der Waals surface area contributed by atoms with E-state index in [1.807, 2.05) is 18.2 Å². The fourth-order valence-electron chi connectivity index (χ4n) is 2.13. The first-order chi connectivity index (χ1) is 6.92. The lowest BCUT2D eigenvalue weighted by atomic mass is 10.2. The summed E-state index contributed by atoms with van der Waals surface area (Å²) in [6, 6.07) is 10.3. The zero-order chi connectivity index (χ0) is 9.38. The molecule has 2 atom stereocenters. The first-order valence-electron chi connectivity index (χ1n) is 5.23. The summed E-state index contributed by atoms with van der Waals surface area (Å²) in [6.07, 6.45) is 3.67. The number of rotatable bonds is 3. The van der Waals surface area contributed by atoms with Crippen LogP contribution in [0.4, 0.5) is 0 Å². The fourth-order valence-corrected chi connectivity index (χ4v) is 2.13. The second-order valence-electron chi connectivity index (χ2n) is 4.10. The highest BCUT2D eigenvalue weighted by Gasteiger charge is 2.48. The molecule has 0 radical (unpaired) electrons. The van der Waals surface area contributed by atoms with Crippen molar-refractivity contribution < 1.29 is 9.47 Å². The van der Waals surface area contributed by atoms with Gasteiger partial charge in [-0.3, -0.25) is 0 Å². The minimum absolute atomic E-state index is 0.430. The number of epoxide rings is 1. The molecule has 1 aliphatic carbocycles. The molecule has 1 saturated heterocycles. The third kappa shape index (κ3) is 1.68. The summed E-state index contributed by atoms with van der Waals surface area (Å²) >= 11 is 0. The number of benzene rings is 1. The second-order valence-corrected chi connectivity index (χ2v) is 4.10. The SMILES string of the molecule is c1ccc(COC2C[C@H]3O[C@@H]3C2)cc1. The fraction of sp³-hybridized carbons (Fsp3) is 0.500. The summed E-state index contributed by atoms with van der Waals surface area (Å²) in [5.41, 5.74) is 1.26. The van der Waals surface area contributed by atoms with Crippen molar-refractivity contribution in [3.05, 3.63) is 35.9 Å². The van der Waals surface area contributed by atoms with Gasteiger partial charge in [0, 0.05) is 12.8 Å². The van der Waals surface area contributed by atoms with E-state index >= 15 is 0 Å². The summed E-state index contributed by atoms with van der Waals surface area (Å²) in [7, 11) is 0. The molecule has 1 aromatic rings. The van der Waals surface area contributed by atoms with Gasteiger partial charge >= 0.3 is 0 Å². The molecule has 74 valence electrons. The molecule has 0 amide bonds. The Morgan fingerprint density at radius 3 is 2.57 bits per heavy atom. The first kappa shape index (κ1) is 8.45. The maximum Gasteiger partial charge on any atom is 0.0867 e. The molecule has 2 aliphatic rings. The van der Waals surface area contributed by atoms with Crippen molar-refractivity contribution in [2.24, 2.45) is 0 Å². The molecule has 2 fully saturated rings. The van der Waals surface area contributed by atoms with Gasteiger partial charge in [-0.25, -0.2) is 0 Å². The van der Waals surface area contributed by atoms with Crippen molar-refractivity contribution in [1.29, 1.82) is 0 Å². The van der Waals surface area contributed by atoms with Gasteiger partial charge in [-0.2, -0.15) is 0 Å². The van der Waals surface area contributed by atoms with Crippen LogP contribution in [0.2, 0.25) is 0 Å². The Hall–Kier alpha value is -0.860. The van der Waals surface area contributed by atoms with Gasteiger partial charge in [-0.05, 0) is 5.56 Å². The highest BCUT2D eigenvalue weighted by atomic mass is 16.6. The van der Waals surface area contributed by atoms with E-state index in [1.165, 1.54) is 5.56 Å². The molecule has 1 aliphatic heterocycles. The molecule has 0 N–H and O–H groups in total. The Balaban J connectivity index is 1.50. The van der Waals surface area contributed by atoms with E-state index in [0.29, 0.717) is 18.3 Å². The minimum Gasteiger partial charge on any atom is -0.373 e. The van der Waals surface area contributed by atoms with Crippen LogP contribution in [0, 0.1) is 0 Å². The summed E-state index contributed by atoms with van der Waals surface area (Å²) < 4.78 is 11.2. The summed E-state index contributed by atoms with van der Waals surface area (Å²) in [5.74, 6) is 0. The standard InChI is InChI=1S/C12H14O2/c1-2-4-9(5-3-1)8-13-10-6-11-12(7-10)14-11/h1-5,10-12H,6-8H2/t11-,12-/m1/s1. The predicted octanol–water partition coefficient (Wildman–Crippen LogP) is 2.13. The number of hydrogen-bond acceptors (Lipinski definition) is 2. The van der Waals surface area contributed by atoms with E-state index < -0.39 is 0 Å². The van der Waals surface area contributed by atoms with E-state index in [9.17, 15) is 0 Å². The maximum atomic E-state index is 5.81. The van der Waals surface area contributed by atoms with Gasteiger partial charge in [0.25, 0.3) is 0 Å². The average Bonchev–Trinajstić information content (AvgIpc) is 2.85. The smallest absolute Gasteiger partial charge is 0.0867 e. The quantitative estimate of drug-likeness (QED) is 0.681. The Labute approximate surface area is 83.8 Å². The second kappa shape index (κ2) is 3.37. The molecule has 0 spiro atoms. The molecule has 2 nitrogen and oxygen atoms in total. The van der Waals surface area contributed by atoms with Crippen molar-refractivity contribution in [2.45, 2.75) is 37.8 Å². The lowest BCUT2D eigenvalue weighted by Gasteiger charge is -2.12. The van der Waals surface area contributed by atoms with Crippen molar-refractivity contribution >= 4 is 0 Å². The molecular weight excluding hydrogens is 176 g/mol. The molecule has 2 heteroatoms. The van der Waals surface area contributed by atoms with Gasteiger partial charge < -0.3 is 9.47 Å². The van der Waals surface area contributed by atoms with Crippen LogP contribution in [-0.4, -0.2) is 18.3 Å². The van der Waals surface area contributed by atoms with E-state index in [2.05, 4.69) is 12.1 Å². The van der Waals surface area contributed by atoms with Crippen molar-refractivity contribution in [3.63, 3.8) is 0 Å². The maximum absolute atomic E-state index is 5.81. The van der Waals surface area contributed by atoms with Gasteiger partial charge in [0.15, 0.2) is 0 Å². The predicted molar refractivity (Wildman–Crippen MR) is 52.9 cm³/mol. The van der Waals surface area contributed by atoms with Crippen LogP contribution < -0.4 is 0 Å². The lowest BCUT2D eigenvalue weighted by Crippen LogP contribution is -2.11. The highest BCUT2D eigenvalue weighted by molar-refractivity contribution is 5.13. The minimum atomic E-state index is 0.430. The molecular formula is C12H14O2. The van der Waals surface area contributed by atoms with E-state index in [0.717, 1.165) is 19.4 Å². The topological polar surface area (TPSA) is 21.8 Å². The Kier molecular flexibility index (Phi) is 2.03. The number of ether oxygens (including phenoxy) is 2. The van der Waals surface area contributed by atoms with Crippen LogP contribution in [0.25, 0.3) is 0 Å². The molecule has 14 heavy (non-hydrogen) atoms. The average molecular weight is 190 g/mol. The highest BCUT2D eigenvalue weighted by Crippen LogP contribution is 2.39. The zero-order valence-electron chi connectivity index (χ0n) is 8.06. The van der Waals surface area contributed by atoms with E-state index in [4.69, 9.17) is 9.47 Å². The van der Waals surface area contributed by atoms with Gasteiger partial charge in [0.05, 0.1) is 24.9 Å². The monoisotopic (exact) mass is 190 g/mol. The largest absolute Gasteiger partial charge is 0.373 e. The Bertz CT molecular complexity index is 299. The van der Waals surface area contributed by atoms with Gasteiger partial charge in [0.1, 0.15) is 0 Å². The summed E-state index contributed by atoms with van der Waals surface area (Å²) in [5, 5.41) is 0. The number of hydrogen-bond donors (Lipinski definition) is 0. The van der Waals surface area contributed by atoms with Crippen LogP contribution in [-0.2, 0) is 16.1 Å². The molecule has 3 rings (SSSR count).